The topological polar surface area (TPSA) is 49.4 Å². The van der Waals surface area contributed by atoms with E-state index in [1.54, 1.807) is 0 Å². The van der Waals surface area contributed by atoms with Gasteiger partial charge < -0.3 is 10.2 Å². The van der Waals surface area contributed by atoms with Crippen LogP contribution in [0.3, 0.4) is 0 Å². The van der Waals surface area contributed by atoms with Crippen molar-refractivity contribution >= 4 is 23.2 Å². The molecule has 1 aliphatic heterocycles. The highest BCUT2D eigenvalue weighted by Crippen LogP contribution is 2.24. The molecule has 2 fully saturated rings. The second-order valence-corrected chi connectivity index (χ2v) is 7.76. The maximum Gasteiger partial charge on any atom is 0.263 e. The zero-order valence-electron chi connectivity index (χ0n) is 13.6. The molecular weight excluding hydrogens is 308 g/mol. The lowest BCUT2D eigenvalue weighted by molar-refractivity contribution is -0.126. The predicted octanol–water partition coefficient (Wildman–Crippen LogP) is 3.30. The van der Waals surface area contributed by atoms with E-state index in [2.05, 4.69) is 5.32 Å². The van der Waals surface area contributed by atoms with E-state index in [1.165, 1.54) is 43.4 Å². The Labute approximate surface area is 142 Å². The smallest absolute Gasteiger partial charge is 0.263 e. The Morgan fingerprint density at radius 1 is 1.17 bits per heavy atom. The minimum Gasteiger partial charge on any atom is -0.356 e. The van der Waals surface area contributed by atoms with Crippen molar-refractivity contribution in [2.45, 2.75) is 44.9 Å². The van der Waals surface area contributed by atoms with Crippen LogP contribution in [0.2, 0.25) is 0 Å². The molecule has 1 atom stereocenters. The molecule has 126 valence electrons. The third-order valence-corrected chi connectivity index (χ3v) is 5.96. The quantitative estimate of drug-likeness (QED) is 0.918. The first kappa shape index (κ1) is 16.5. The van der Waals surface area contributed by atoms with Crippen LogP contribution in [0.15, 0.2) is 17.5 Å². The van der Waals surface area contributed by atoms with Gasteiger partial charge >= 0.3 is 0 Å². The molecule has 1 N–H and O–H groups in total. The molecule has 3 rings (SSSR count). The van der Waals surface area contributed by atoms with Crippen molar-refractivity contribution in [3.8, 4) is 0 Å². The molecule has 0 aromatic carbocycles. The number of nitrogens with one attached hydrogen (secondary N) is 1. The number of carbonyl (C=O) groups is 2. The van der Waals surface area contributed by atoms with Crippen molar-refractivity contribution in [2.24, 2.45) is 11.8 Å². The van der Waals surface area contributed by atoms with E-state index in [1.807, 2.05) is 22.4 Å². The van der Waals surface area contributed by atoms with Gasteiger partial charge in [-0.05, 0) is 43.0 Å². The minimum absolute atomic E-state index is 0.0451. The molecule has 23 heavy (non-hydrogen) atoms. The SMILES string of the molecule is O=C(NCC1CCCCC1)[C@@H]1CCCN(C(=O)c2cccs2)C1. The van der Waals surface area contributed by atoms with Gasteiger partial charge in [0, 0.05) is 19.6 Å². The highest BCUT2D eigenvalue weighted by Gasteiger charge is 2.29. The number of likely N-dealkylation sites (tertiary alicyclic amines) is 1. The van der Waals surface area contributed by atoms with Gasteiger partial charge in [0.15, 0.2) is 0 Å². The maximum absolute atomic E-state index is 12.4. The molecule has 2 heterocycles. The maximum atomic E-state index is 12.4. The van der Waals surface area contributed by atoms with E-state index in [4.69, 9.17) is 0 Å². The highest BCUT2D eigenvalue weighted by atomic mass is 32.1. The average Bonchev–Trinajstić information content (AvgIpc) is 3.14. The number of rotatable bonds is 4. The van der Waals surface area contributed by atoms with Crippen LogP contribution in [0, 0.1) is 11.8 Å². The molecule has 1 aromatic rings. The van der Waals surface area contributed by atoms with Gasteiger partial charge in [-0.15, -0.1) is 11.3 Å². The van der Waals surface area contributed by atoms with Crippen LogP contribution < -0.4 is 5.32 Å². The summed E-state index contributed by atoms with van der Waals surface area (Å²) < 4.78 is 0. The fourth-order valence-corrected chi connectivity index (χ4v) is 4.40. The van der Waals surface area contributed by atoms with Gasteiger partial charge in [-0.3, -0.25) is 9.59 Å². The largest absolute Gasteiger partial charge is 0.356 e. The van der Waals surface area contributed by atoms with Crippen LogP contribution in [0.1, 0.15) is 54.6 Å². The summed E-state index contributed by atoms with van der Waals surface area (Å²) in [5, 5.41) is 5.06. The summed E-state index contributed by atoms with van der Waals surface area (Å²) in [6.07, 6.45) is 8.23. The second kappa shape index (κ2) is 7.95. The third-order valence-electron chi connectivity index (χ3n) is 5.10. The fraction of sp³-hybridized carbons (Fsp3) is 0.667. The van der Waals surface area contributed by atoms with Gasteiger partial charge in [-0.25, -0.2) is 0 Å². The van der Waals surface area contributed by atoms with Crippen LogP contribution in [-0.4, -0.2) is 36.3 Å². The Kier molecular flexibility index (Phi) is 5.70. The number of nitrogens with zero attached hydrogens (tertiary/aromatic N) is 1. The van der Waals surface area contributed by atoms with Crippen molar-refractivity contribution < 1.29 is 9.59 Å². The summed E-state index contributed by atoms with van der Waals surface area (Å²) >= 11 is 1.47. The van der Waals surface area contributed by atoms with Gasteiger partial charge in [0.25, 0.3) is 5.91 Å². The molecule has 1 saturated carbocycles. The Morgan fingerprint density at radius 3 is 2.74 bits per heavy atom. The molecule has 0 bridgehead atoms. The Morgan fingerprint density at radius 2 is 2.00 bits per heavy atom. The monoisotopic (exact) mass is 334 g/mol. The van der Waals surface area contributed by atoms with Crippen molar-refractivity contribution in [1.82, 2.24) is 10.2 Å². The first-order valence-corrected chi connectivity index (χ1v) is 9.72. The van der Waals surface area contributed by atoms with Crippen molar-refractivity contribution in [1.29, 1.82) is 0 Å². The van der Waals surface area contributed by atoms with Crippen molar-refractivity contribution in [3.05, 3.63) is 22.4 Å². The van der Waals surface area contributed by atoms with E-state index in [9.17, 15) is 9.59 Å². The van der Waals surface area contributed by atoms with E-state index < -0.39 is 0 Å². The zero-order chi connectivity index (χ0) is 16.1. The first-order valence-electron chi connectivity index (χ1n) is 8.84. The van der Waals surface area contributed by atoms with Crippen LogP contribution in [0.5, 0.6) is 0 Å². The Bertz CT molecular complexity index is 523. The minimum atomic E-state index is -0.0451. The van der Waals surface area contributed by atoms with Crippen molar-refractivity contribution in [2.75, 3.05) is 19.6 Å². The van der Waals surface area contributed by atoms with E-state index in [0.717, 1.165) is 30.8 Å². The summed E-state index contributed by atoms with van der Waals surface area (Å²) in [6, 6.07) is 3.76. The molecular formula is C18H26N2O2S. The van der Waals surface area contributed by atoms with E-state index in [0.29, 0.717) is 12.5 Å². The van der Waals surface area contributed by atoms with E-state index >= 15 is 0 Å². The van der Waals surface area contributed by atoms with Gasteiger partial charge in [0.1, 0.15) is 0 Å². The number of piperidine rings is 1. The third kappa shape index (κ3) is 4.34. The van der Waals surface area contributed by atoms with Crippen LogP contribution in [0.4, 0.5) is 0 Å². The average molecular weight is 334 g/mol. The van der Waals surface area contributed by atoms with Gasteiger partial charge in [0.2, 0.25) is 5.91 Å². The predicted molar refractivity (Wildman–Crippen MR) is 92.5 cm³/mol. The number of thiophene rings is 1. The van der Waals surface area contributed by atoms with Crippen molar-refractivity contribution in [3.63, 3.8) is 0 Å². The fourth-order valence-electron chi connectivity index (χ4n) is 3.71. The number of hydrogen-bond acceptors (Lipinski definition) is 3. The normalized spacial score (nSPS) is 22.8. The van der Waals surface area contributed by atoms with E-state index in [-0.39, 0.29) is 17.7 Å². The standard InChI is InChI=1S/C18H26N2O2S/c21-17(19-12-14-6-2-1-3-7-14)15-8-4-10-20(13-15)18(22)16-9-5-11-23-16/h5,9,11,14-15H,1-4,6-8,10,12-13H2,(H,19,21)/t15-/m1/s1. The summed E-state index contributed by atoms with van der Waals surface area (Å²) in [4.78, 5) is 27.5. The molecule has 5 heteroatoms. The first-order chi connectivity index (χ1) is 11.2. The van der Waals surface area contributed by atoms with Crippen LogP contribution in [-0.2, 0) is 4.79 Å². The molecule has 1 aliphatic carbocycles. The Hall–Kier alpha value is -1.36. The highest BCUT2D eigenvalue weighted by molar-refractivity contribution is 7.12. The van der Waals surface area contributed by atoms with Crippen LogP contribution >= 0.6 is 11.3 Å². The summed E-state index contributed by atoms with van der Waals surface area (Å²) in [5.41, 5.74) is 0. The summed E-state index contributed by atoms with van der Waals surface area (Å²) in [7, 11) is 0. The number of carbonyl (C=O) groups excluding carboxylic acids is 2. The molecule has 4 nitrogen and oxygen atoms in total. The molecule has 0 radical (unpaired) electrons. The molecule has 1 aromatic heterocycles. The van der Waals surface area contributed by atoms with Crippen LogP contribution in [0.25, 0.3) is 0 Å². The lowest BCUT2D eigenvalue weighted by Gasteiger charge is -2.32. The zero-order valence-corrected chi connectivity index (χ0v) is 14.4. The molecule has 0 spiro atoms. The second-order valence-electron chi connectivity index (χ2n) is 6.82. The van der Waals surface area contributed by atoms with Gasteiger partial charge in [-0.1, -0.05) is 25.3 Å². The number of amides is 2. The molecule has 0 unspecified atom stereocenters. The van der Waals surface area contributed by atoms with Gasteiger partial charge in [-0.2, -0.15) is 0 Å². The summed E-state index contributed by atoms with van der Waals surface area (Å²) in [5.74, 6) is 0.820. The Balaban J connectivity index is 1.49. The summed E-state index contributed by atoms with van der Waals surface area (Å²) in [6.45, 7) is 2.14. The lowest BCUT2D eigenvalue weighted by atomic mass is 9.89. The molecule has 1 saturated heterocycles. The molecule has 2 amide bonds. The van der Waals surface area contributed by atoms with Gasteiger partial charge in [0.05, 0.1) is 10.8 Å². The number of hydrogen-bond donors (Lipinski definition) is 1. The lowest BCUT2D eigenvalue weighted by Crippen LogP contribution is -2.46. The molecule has 2 aliphatic rings.